The molecule has 4 aromatic rings. The minimum Gasteiger partial charge on any atom is -0.350 e. The second-order valence-corrected chi connectivity index (χ2v) is 6.56. The van der Waals surface area contributed by atoms with Gasteiger partial charge in [-0.25, -0.2) is 4.68 Å². The monoisotopic (exact) mass is 401 g/mol. The third kappa shape index (κ3) is 3.86. The Morgan fingerprint density at radius 1 is 0.933 bits per heavy atom. The smallest absolute Gasteiger partial charge is 0.273 e. The molecule has 2 amide bonds. The van der Waals surface area contributed by atoms with Crippen molar-refractivity contribution in [3.05, 3.63) is 78.1 Å². The van der Waals surface area contributed by atoms with E-state index in [9.17, 15) is 9.59 Å². The van der Waals surface area contributed by atoms with Crippen LogP contribution < -0.4 is 10.6 Å². The number of nitrogens with zero attached hydrogens (tertiary/aromatic N) is 5. The van der Waals surface area contributed by atoms with Gasteiger partial charge in [0.05, 0.1) is 16.9 Å². The molecular weight excluding hydrogens is 382 g/mol. The van der Waals surface area contributed by atoms with Crippen LogP contribution in [0.25, 0.3) is 16.5 Å². The lowest BCUT2D eigenvalue weighted by Gasteiger charge is -2.08. The first-order chi connectivity index (χ1) is 14.6. The van der Waals surface area contributed by atoms with Gasteiger partial charge in [0.2, 0.25) is 0 Å². The van der Waals surface area contributed by atoms with Crippen LogP contribution in [0.15, 0.2) is 61.2 Å². The average molecular weight is 401 g/mol. The molecule has 2 N–H and O–H groups in total. The number of fused-ring (bicyclic) bond motifs is 1. The minimum absolute atomic E-state index is 0.236. The predicted octanol–water partition coefficient (Wildman–Crippen LogP) is 1.68. The summed E-state index contributed by atoms with van der Waals surface area (Å²) < 4.78 is 1.64. The number of hydrogen-bond donors (Lipinski definition) is 2. The Morgan fingerprint density at radius 3 is 2.53 bits per heavy atom. The highest BCUT2D eigenvalue weighted by Crippen LogP contribution is 2.22. The fraction of sp³-hybridized carbons (Fsp3) is 0.143. The molecule has 0 radical (unpaired) electrons. The van der Waals surface area contributed by atoms with Crippen molar-refractivity contribution in [3.8, 4) is 5.69 Å². The number of aromatic nitrogens is 5. The Hall–Kier alpha value is -4.14. The maximum atomic E-state index is 12.5. The van der Waals surface area contributed by atoms with Gasteiger partial charge >= 0.3 is 0 Å². The van der Waals surface area contributed by atoms with E-state index in [4.69, 9.17) is 0 Å². The molecule has 0 saturated carbocycles. The van der Waals surface area contributed by atoms with Crippen molar-refractivity contribution >= 4 is 22.6 Å². The summed E-state index contributed by atoms with van der Waals surface area (Å²) in [4.78, 5) is 32.6. The molecule has 30 heavy (non-hydrogen) atoms. The normalized spacial score (nSPS) is 10.7. The van der Waals surface area contributed by atoms with Gasteiger partial charge in [-0.05, 0) is 31.2 Å². The molecule has 0 unspecified atom stereocenters. The second kappa shape index (κ2) is 8.48. The van der Waals surface area contributed by atoms with Crippen molar-refractivity contribution in [2.24, 2.45) is 0 Å². The average Bonchev–Trinajstić information content (AvgIpc) is 3.17. The lowest BCUT2D eigenvalue weighted by Crippen LogP contribution is -2.35. The number of nitrogens with one attached hydrogen (secondary N) is 2. The molecule has 0 spiro atoms. The number of rotatable bonds is 6. The fourth-order valence-corrected chi connectivity index (χ4v) is 3.09. The Balaban J connectivity index is 1.41. The standard InChI is InChI=1S/C21H19N7O2/c1-14-19(21(30)25-11-10-24-20(29)16-5-3-8-22-13-16)26-27-28(14)18-6-2-4-15-12-23-9-7-17(15)18/h2-9,12-13H,10-11H2,1H3,(H,24,29)(H,25,30). The largest absolute Gasteiger partial charge is 0.350 e. The lowest BCUT2D eigenvalue weighted by molar-refractivity contribution is 0.0924. The van der Waals surface area contributed by atoms with Gasteiger partial charge in [0, 0.05) is 48.6 Å². The number of amides is 2. The molecular formula is C21H19N7O2. The van der Waals surface area contributed by atoms with E-state index in [0.29, 0.717) is 11.3 Å². The molecule has 0 saturated heterocycles. The third-order valence-electron chi connectivity index (χ3n) is 4.62. The first-order valence-corrected chi connectivity index (χ1v) is 9.37. The maximum Gasteiger partial charge on any atom is 0.273 e. The summed E-state index contributed by atoms with van der Waals surface area (Å²) in [6.07, 6.45) is 6.57. The van der Waals surface area contributed by atoms with Gasteiger partial charge in [-0.15, -0.1) is 5.10 Å². The van der Waals surface area contributed by atoms with Crippen LogP contribution in [0.3, 0.4) is 0 Å². The summed E-state index contributed by atoms with van der Waals surface area (Å²) in [6.45, 7) is 2.33. The predicted molar refractivity (Wildman–Crippen MR) is 110 cm³/mol. The number of hydrogen-bond acceptors (Lipinski definition) is 6. The zero-order valence-electron chi connectivity index (χ0n) is 16.2. The summed E-state index contributed by atoms with van der Waals surface area (Å²) in [5, 5.41) is 15.6. The van der Waals surface area contributed by atoms with Crippen molar-refractivity contribution in [1.29, 1.82) is 0 Å². The van der Waals surface area contributed by atoms with Gasteiger partial charge in [0.25, 0.3) is 11.8 Å². The first-order valence-electron chi connectivity index (χ1n) is 9.37. The van der Waals surface area contributed by atoms with E-state index >= 15 is 0 Å². The van der Waals surface area contributed by atoms with E-state index in [1.165, 1.54) is 6.20 Å². The van der Waals surface area contributed by atoms with E-state index in [-0.39, 0.29) is 30.6 Å². The highest BCUT2D eigenvalue weighted by molar-refractivity contribution is 5.95. The Labute approximate surface area is 172 Å². The number of carbonyl (C=O) groups is 2. The van der Waals surface area contributed by atoms with Crippen LogP contribution in [-0.4, -0.2) is 49.9 Å². The van der Waals surface area contributed by atoms with Gasteiger partial charge in [-0.3, -0.25) is 19.6 Å². The maximum absolute atomic E-state index is 12.5. The molecule has 3 heterocycles. The number of pyridine rings is 2. The summed E-state index contributed by atoms with van der Waals surface area (Å²) in [6, 6.07) is 11.0. The van der Waals surface area contributed by atoms with Crippen LogP contribution in [0.2, 0.25) is 0 Å². The van der Waals surface area contributed by atoms with E-state index in [0.717, 1.165) is 16.5 Å². The molecule has 0 aliphatic rings. The number of carbonyl (C=O) groups excluding carboxylic acids is 2. The molecule has 3 aromatic heterocycles. The Bertz CT molecular complexity index is 1200. The Kier molecular flexibility index (Phi) is 5.42. The topological polar surface area (TPSA) is 115 Å². The van der Waals surface area contributed by atoms with Crippen molar-refractivity contribution in [1.82, 2.24) is 35.6 Å². The van der Waals surface area contributed by atoms with Crippen LogP contribution in [-0.2, 0) is 0 Å². The third-order valence-corrected chi connectivity index (χ3v) is 4.62. The van der Waals surface area contributed by atoms with Crippen molar-refractivity contribution < 1.29 is 9.59 Å². The zero-order valence-corrected chi connectivity index (χ0v) is 16.2. The van der Waals surface area contributed by atoms with Crippen molar-refractivity contribution in [2.45, 2.75) is 6.92 Å². The molecule has 150 valence electrons. The Morgan fingerprint density at radius 2 is 1.73 bits per heavy atom. The summed E-state index contributed by atoms with van der Waals surface area (Å²) in [5.41, 5.74) is 2.14. The second-order valence-electron chi connectivity index (χ2n) is 6.56. The van der Waals surface area contributed by atoms with Crippen molar-refractivity contribution in [2.75, 3.05) is 13.1 Å². The molecule has 1 aromatic carbocycles. The molecule has 9 heteroatoms. The highest BCUT2D eigenvalue weighted by atomic mass is 16.2. The van der Waals surface area contributed by atoms with Crippen LogP contribution in [0.1, 0.15) is 26.5 Å². The van der Waals surface area contributed by atoms with Crippen LogP contribution in [0.5, 0.6) is 0 Å². The van der Waals surface area contributed by atoms with E-state index < -0.39 is 0 Å². The summed E-state index contributed by atoms with van der Waals surface area (Å²) >= 11 is 0. The molecule has 4 rings (SSSR count). The van der Waals surface area contributed by atoms with E-state index in [1.807, 2.05) is 24.3 Å². The van der Waals surface area contributed by atoms with Crippen LogP contribution >= 0.6 is 0 Å². The van der Waals surface area contributed by atoms with Gasteiger partial charge in [-0.2, -0.15) is 0 Å². The molecule has 0 fully saturated rings. The molecule has 0 bridgehead atoms. The quantitative estimate of drug-likeness (QED) is 0.475. The molecule has 0 atom stereocenters. The van der Waals surface area contributed by atoms with Gasteiger partial charge in [0.15, 0.2) is 5.69 Å². The van der Waals surface area contributed by atoms with Crippen LogP contribution in [0, 0.1) is 6.92 Å². The summed E-state index contributed by atoms with van der Waals surface area (Å²) in [7, 11) is 0. The first kappa shape index (κ1) is 19.2. The van der Waals surface area contributed by atoms with Crippen molar-refractivity contribution in [3.63, 3.8) is 0 Å². The summed E-state index contributed by atoms with van der Waals surface area (Å²) in [5.74, 6) is -0.596. The zero-order chi connectivity index (χ0) is 20.9. The highest BCUT2D eigenvalue weighted by Gasteiger charge is 2.18. The van der Waals surface area contributed by atoms with Crippen LogP contribution in [0.4, 0.5) is 0 Å². The fourth-order valence-electron chi connectivity index (χ4n) is 3.09. The SMILES string of the molecule is Cc1c(C(=O)NCCNC(=O)c2cccnc2)nnn1-c1cccc2cnccc12. The van der Waals surface area contributed by atoms with Gasteiger partial charge < -0.3 is 10.6 Å². The minimum atomic E-state index is -0.351. The van der Waals surface area contributed by atoms with Gasteiger partial charge in [-0.1, -0.05) is 17.3 Å². The molecule has 0 aliphatic carbocycles. The van der Waals surface area contributed by atoms with Gasteiger partial charge in [0.1, 0.15) is 0 Å². The molecule has 9 nitrogen and oxygen atoms in total. The lowest BCUT2D eigenvalue weighted by atomic mass is 10.1. The number of benzene rings is 1. The molecule has 0 aliphatic heterocycles. The van der Waals surface area contributed by atoms with E-state index in [1.54, 1.807) is 42.3 Å². The van der Waals surface area contributed by atoms with E-state index in [2.05, 4.69) is 30.9 Å².